The lowest BCUT2D eigenvalue weighted by Crippen LogP contribution is -2.49. The van der Waals surface area contributed by atoms with Crippen molar-refractivity contribution >= 4 is 20.8 Å². The summed E-state index contributed by atoms with van der Waals surface area (Å²) in [4.78, 5) is 0.365. The van der Waals surface area contributed by atoms with Gasteiger partial charge in [-0.05, 0) is 60.7 Å². The topological polar surface area (TPSA) is 55.8 Å². The van der Waals surface area contributed by atoms with Gasteiger partial charge in [-0.25, -0.2) is 8.42 Å². The van der Waals surface area contributed by atoms with Crippen LogP contribution in [0.15, 0.2) is 41.3 Å². The Morgan fingerprint density at radius 1 is 1.04 bits per heavy atom. The van der Waals surface area contributed by atoms with E-state index in [1.54, 1.807) is 30.7 Å². The minimum absolute atomic E-state index is 0.0235. The van der Waals surface area contributed by atoms with Crippen molar-refractivity contribution in [1.29, 1.82) is 0 Å². The number of methoxy groups -OCH3 is 2. The smallest absolute Gasteiger partial charge is 0.243 e. The predicted octanol–water partition coefficient (Wildman–Crippen LogP) is 3.82. The summed E-state index contributed by atoms with van der Waals surface area (Å²) in [5.41, 5.74) is -0.0235. The van der Waals surface area contributed by atoms with Crippen LogP contribution in [-0.4, -0.2) is 46.1 Å². The average Bonchev–Trinajstić information content (AvgIpc) is 3.08. The molecule has 27 heavy (non-hydrogen) atoms. The van der Waals surface area contributed by atoms with Gasteiger partial charge in [-0.15, -0.1) is 0 Å². The number of rotatable bonds is 4. The van der Waals surface area contributed by atoms with Crippen LogP contribution in [0.3, 0.4) is 0 Å². The lowest BCUT2D eigenvalue weighted by Gasteiger charge is -2.43. The first-order chi connectivity index (χ1) is 13.0. The molecule has 2 aromatic rings. The van der Waals surface area contributed by atoms with Crippen molar-refractivity contribution in [2.45, 2.75) is 43.1 Å². The van der Waals surface area contributed by atoms with Crippen LogP contribution in [0.4, 0.5) is 0 Å². The molecule has 1 aliphatic heterocycles. The van der Waals surface area contributed by atoms with E-state index in [1.165, 1.54) is 0 Å². The number of benzene rings is 2. The summed E-state index contributed by atoms with van der Waals surface area (Å²) >= 11 is 0. The Hall–Kier alpha value is -1.63. The molecule has 2 aromatic carbocycles. The van der Waals surface area contributed by atoms with Crippen LogP contribution < -0.4 is 4.74 Å². The molecule has 146 valence electrons. The fourth-order valence-electron chi connectivity index (χ4n) is 4.90. The lowest BCUT2D eigenvalue weighted by molar-refractivity contribution is -0.0184. The molecule has 0 bridgehead atoms. The summed E-state index contributed by atoms with van der Waals surface area (Å²) in [5, 5.41) is 1.87. The maximum Gasteiger partial charge on any atom is 0.243 e. The van der Waals surface area contributed by atoms with E-state index in [0.717, 1.165) is 48.6 Å². The van der Waals surface area contributed by atoms with Crippen LogP contribution >= 0.6 is 0 Å². The molecule has 4 rings (SSSR count). The molecule has 2 fully saturated rings. The highest BCUT2D eigenvalue weighted by atomic mass is 32.2. The molecular weight excluding hydrogens is 362 g/mol. The zero-order chi connectivity index (χ0) is 19.1. The Labute approximate surface area is 161 Å². The molecule has 1 aliphatic carbocycles. The molecule has 2 atom stereocenters. The van der Waals surface area contributed by atoms with Crippen LogP contribution in [0, 0.1) is 5.41 Å². The van der Waals surface area contributed by atoms with E-state index in [-0.39, 0.29) is 11.5 Å². The number of piperidine rings is 1. The Morgan fingerprint density at radius 3 is 2.56 bits per heavy atom. The first kappa shape index (κ1) is 18.7. The van der Waals surface area contributed by atoms with Gasteiger partial charge in [0.05, 0.1) is 18.1 Å². The molecule has 1 saturated heterocycles. The summed E-state index contributed by atoms with van der Waals surface area (Å²) in [7, 11) is -0.138. The number of hydrogen-bond acceptors (Lipinski definition) is 4. The van der Waals surface area contributed by atoms with Gasteiger partial charge in [-0.2, -0.15) is 4.31 Å². The number of sulfonamides is 1. The predicted molar refractivity (Wildman–Crippen MR) is 106 cm³/mol. The number of hydrogen-bond donors (Lipinski definition) is 0. The van der Waals surface area contributed by atoms with Gasteiger partial charge in [-0.1, -0.05) is 18.6 Å². The maximum atomic E-state index is 13.3. The summed E-state index contributed by atoms with van der Waals surface area (Å²) in [6.07, 6.45) is 5.31. The molecule has 1 spiro atoms. The van der Waals surface area contributed by atoms with Gasteiger partial charge in [0.15, 0.2) is 0 Å². The Balaban J connectivity index is 1.65. The summed E-state index contributed by atoms with van der Waals surface area (Å²) in [6, 6.07) is 11.0. The zero-order valence-electron chi connectivity index (χ0n) is 16.0. The van der Waals surface area contributed by atoms with Crippen LogP contribution in [0.5, 0.6) is 5.75 Å². The SMILES string of the molecule is COc1ccc2cc(S(=O)(=O)N3CCC[C@]4(CCC[C@H]4OC)C3)ccc2c1. The highest BCUT2D eigenvalue weighted by Crippen LogP contribution is 2.47. The molecule has 5 nitrogen and oxygen atoms in total. The first-order valence-corrected chi connectivity index (χ1v) is 11.0. The summed E-state index contributed by atoms with van der Waals surface area (Å²) < 4.78 is 39.3. The molecule has 6 heteroatoms. The van der Waals surface area contributed by atoms with Gasteiger partial charge in [0, 0.05) is 25.6 Å². The highest BCUT2D eigenvalue weighted by Gasteiger charge is 2.48. The molecule has 1 saturated carbocycles. The van der Waals surface area contributed by atoms with Crippen LogP contribution in [-0.2, 0) is 14.8 Å². The lowest BCUT2D eigenvalue weighted by atomic mass is 9.77. The number of ether oxygens (including phenoxy) is 2. The minimum Gasteiger partial charge on any atom is -0.497 e. The first-order valence-electron chi connectivity index (χ1n) is 9.59. The third-order valence-corrected chi connectivity index (χ3v) is 8.18. The fraction of sp³-hybridized carbons (Fsp3) is 0.524. The minimum atomic E-state index is -3.52. The molecule has 2 aliphatic rings. The Bertz CT molecular complexity index is 942. The van der Waals surface area contributed by atoms with E-state index >= 15 is 0 Å². The van der Waals surface area contributed by atoms with Crippen LogP contribution in [0.2, 0.25) is 0 Å². The second-order valence-corrected chi connectivity index (χ2v) is 9.73. The molecule has 1 heterocycles. The molecule has 0 aromatic heterocycles. The van der Waals surface area contributed by atoms with Crippen molar-refractivity contribution in [3.05, 3.63) is 36.4 Å². The normalized spacial score (nSPS) is 26.7. The Morgan fingerprint density at radius 2 is 1.78 bits per heavy atom. The number of nitrogens with zero attached hydrogens (tertiary/aromatic N) is 1. The molecule has 0 amide bonds. The van der Waals surface area contributed by atoms with Crippen molar-refractivity contribution < 1.29 is 17.9 Å². The van der Waals surface area contributed by atoms with E-state index in [9.17, 15) is 8.42 Å². The van der Waals surface area contributed by atoms with Crippen molar-refractivity contribution in [1.82, 2.24) is 4.31 Å². The molecule has 0 unspecified atom stereocenters. The quantitative estimate of drug-likeness (QED) is 0.798. The molecule has 0 radical (unpaired) electrons. The average molecular weight is 390 g/mol. The van der Waals surface area contributed by atoms with Crippen molar-refractivity contribution in [2.75, 3.05) is 27.3 Å². The van der Waals surface area contributed by atoms with Gasteiger partial charge in [0.25, 0.3) is 0 Å². The third kappa shape index (κ3) is 3.24. The second kappa shape index (κ2) is 7.08. The van der Waals surface area contributed by atoms with E-state index < -0.39 is 10.0 Å². The molecule has 0 N–H and O–H groups in total. The standard InChI is InChI=1S/C21H27NO4S/c1-25-18-8-6-17-14-19(9-7-16(17)13-18)27(23,24)22-12-4-11-21(15-22)10-3-5-20(21)26-2/h6-9,13-14,20H,3-5,10-12,15H2,1-2H3/t20-,21-/m1/s1. The van der Waals surface area contributed by atoms with Gasteiger partial charge in [0.1, 0.15) is 5.75 Å². The van der Waals surface area contributed by atoms with Crippen molar-refractivity contribution in [3.8, 4) is 5.75 Å². The Kier molecular flexibility index (Phi) is 4.91. The third-order valence-electron chi connectivity index (χ3n) is 6.34. The monoisotopic (exact) mass is 389 g/mol. The van der Waals surface area contributed by atoms with Gasteiger partial charge >= 0.3 is 0 Å². The summed E-state index contributed by atoms with van der Waals surface area (Å²) in [6.45, 7) is 1.15. The molecular formula is C21H27NO4S. The van der Waals surface area contributed by atoms with E-state index in [2.05, 4.69) is 0 Å². The van der Waals surface area contributed by atoms with Crippen molar-refractivity contribution in [3.63, 3.8) is 0 Å². The van der Waals surface area contributed by atoms with Crippen LogP contribution in [0.1, 0.15) is 32.1 Å². The largest absolute Gasteiger partial charge is 0.497 e. The fourth-order valence-corrected chi connectivity index (χ4v) is 6.51. The highest BCUT2D eigenvalue weighted by molar-refractivity contribution is 7.89. The van der Waals surface area contributed by atoms with E-state index in [0.29, 0.717) is 18.0 Å². The van der Waals surface area contributed by atoms with Crippen LogP contribution in [0.25, 0.3) is 10.8 Å². The van der Waals surface area contributed by atoms with Gasteiger partial charge < -0.3 is 9.47 Å². The second-order valence-electron chi connectivity index (χ2n) is 7.80. The van der Waals surface area contributed by atoms with Crippen molar-refractivity contribution in [2.24, 2.45) is 5.41 Å². The zero-order valence-corrected chi connectivity index (χ0v) is 16.8. The maximum absolute atomic E-state index is 13.3. The van der Waals surface area contributed by atoms with Gasteiger partial charge in [0.2, 0.25) is 10.0 Å². The van der Waals surface area contributed by atoms with E-state index in [4.69, 9.17) is 9.47 Å². The summed E-state index contributed by atoms with van der Waals surface area (Å²) in [5.74, 6) is 0.767. The number of fused-ring (bicyclic) bond motifs is 1. The van der Waals surface area contributed by atoms with E-state index in [1.807, 2.05) is 24.3 Å². The van der Waals surface area contributed by atoms with Gasteiger partial charge in [-0.3, -0.25) is 0 Å².